The van der Waals surface area contributed by atoms with Crippen LogP contribution in [0.5, 0.6) is 0 Å². The highest BCUT2D eigenvalue weighted by atomic mass is 79.9. The van der Waals surface area contributed by atoms with Crippen molar-refractivity contribution in [2.45, 2.75) is 148 Å². The number of hydrogen-bond acceptors (Lipinski definition) is 0. The Morgan fingerprint density at radius 1 is 0.480 bits per heavy atom. The molecule has 0 fully saturated rings. The molecule has 0 aromatic carbocycles. The van der Waals surface area contributed by atoms with Gasteiger partial charge in [-0.05, 0) is 18.8 Å². The van der Waals surface area contributed by atoms with E-state index < -0.39 is 0 Å². The van der Waals surface area contributed by atoms with Crippen molar-refractivity contribution in [2.24, 2.45) is 5.92 Å². The molecule has 1 heteroatoms. The molecule has 2 unspecified atom stereocenters. The van der Waals surface area contributed by atoms with E-state index in [0.717, 1.165) is 10.7 Å². The van der Waals surface area contributed by atoms with Gasteiger partial charge in [0.1, 0.15) is 0 Å². The molecule has 0 spiro atoms. The molecule has 0 bridgehead atoms. The van der Waals surface area contributed by atoms with Crippen molar-refractivity contribution < 1.29 is 0 Å². The second-order valence-corrected chi connectivity index (χ2v) is 9.75. The Hall–Kier alpha value is 0.480. The third kappa shape index (κ3) is 20.6. The average molecular weight is 418 g/mol. The van der Waals surface area contributed by atoms with Crippen LogP contribution in [0.25, 0.3) is 0 Å². The molecule has 152 valence electrons. The zero-order valence-corrected chi connectivity index (χ0v) is 19.6. The average Bonchev–Trinajstić information content (AvgIpc) is 2.59. The van der Waals surface area contributed by atoms with Crippen LogP contribution in [0.15, 0.2) is 0 Å². The van der Waals surface area contributed by atoms with Crippen LogP contribution in [0.3, 0.4) is 0 Å². The molecule has 0 saturated carbocycles. The summed E-state index contributed by atoms with van der Waals surface area (Å²) in [7, 11) is 0. The zero-order valence-electron chi connectivity index (χ0n) is 18.0. The smallest absolute Gasteiger partial charge is 0.0145 e. The van der Waals surface area contributed by atoms with Crippen molar-refractivity contribution in [2.75, 3.05) is 0 Å². The standard InChI is InChI=1S/C24H49Br/c1-4-6-7-8-9-10-13-16-20-23(3)21-17-14-11-12-15-18-22-24(25)19-5-2/h23-24H,4-22H2,1-3H3. The van der Waals surface area contributed by atoms with E-state index >= 15 is 0 Å². The first-order valence-corrected chi connectivity index (χ1v) is 12.8. The van der Waals surface area contributed by atoms with Crippen LogP contribution in [0, 0.1) is 5.92 Å². The van der Waals surface area contributed by atoms with E-state index in [1.165, 1.54) is 122 Å². The SMILES string of the molecule is CCCCCCCCCCC(C)CCCCCCCCC(Br)CCC. The molecular weight excluding hydrogens is 368 g/mol. The summed E-state index contributed by atoms with van der Waals surface area (Å²) in [5.74, 6) is 0.961. The minimum absolute atomic E-state index is 0.773. The number of halogens is 1. The van der Waals surface area contributed by atoms with E-state index in [1.54, 1.807) is 0 Å². The predicted octanol–water partition coefficient (Wildman–Crippen LogP) is 9.84. The van der Waals surface area contributed by atoms with E-state index in [2.05, 4.69) is 36.7 Å². The molecule has 0 radical (unpaired) electrons. The Bertz CT molecular complexity index is 238. The highest BCUT2D eigenvalue weighted by molar-refractivity contribution is 9.09. The van der Waals surface area contributed by atoms with E-state index in [-0.39, 0.29) is 0 Å². The quantitative estimate of drug-likeness (QED) is 0.137. The van der Waals surface area contributed by atoms with Crippen LogP contribution in [-0.2, 0) is 0 Å². The first-order chi connectivity index (χ1) is 12.2. The second-order valence-electron chi connectivity index (χ2n) is 8.45. The fourth-order valence-electron chi connectivity index (χ4n) is 3.79. The molecule has 25 heavy (non-hydrogen) atoms. The van der Waals surface area contributed by atoms with Gasteiger partial charge in [0, 0.05) is 4.83 Å². The Morgan fingerprint density at radius 3 is 1.32 bits per heavy atom. The topological polar surface area (TPSA) is 0 Å². The first kappa shape index (κ1) is 25.5. The van der Waals surface area contributed by atoms with Gasteiger partial charge in [-0.1, -0.05) is 146 Å². The molecule has 0 rings (SSSR count). The lowest BCUT2D eigenvalue weighted by molar-refractivity contribution is 0.430. The lowest BCUT2D eigenvalue weighted by Gasteiger charge is -2.11. The lowest BCUT2D eigenvalue weighted by atomic mass is 9.95. The maximum atomic E-state index is 3.79. The Labute approximate surface area is 169 Å². The van der Waals surface area contributed by atoms with E-state index in [9.17, 15) is 0 Å². The van der Waals surface area contributed by atoms with Crippen LogP contribution in [-0.4, -0.2) is 4.83 Å². The van der Waals surface area contributed by atoms with Gasteiger partial charge in [-0.25, -0.2) is 0 Å². The second kappa shape index (κ2) is 20.8. The van der Waals surface area contributed by atoms with Gasteiger partial charge in [-0.3, -0.25) is 0 Å². The van der Waals surface area contributed by atoms with E-state index in [4.69, 9.17) is 0 Å². The number of unbranched alkanes of at least 4 members (excludes halogenated alkanes) is 12. The van der Waals surface area contributed by atoms with Gasteiger partial charge < -0.3 is 0 Å². The van der Waals surface area contributed by atoms with Crippen molar-refractivity contribution in [3.63, 3.8) is 0 Å². The summed E-state index contributed by atoms with van der Waals surface area (Å²) in [6.45, 7) is 7.06. The maximum Gasteiger partial charge on any atom is 0.0145 e. The predicted molar refractivity (Wildman–Crippen MR) is 121 cm³/mol. The summed E-state index contributed by atoms with van der Waals surface area (Å²) >= 11 is 3.79. The molecule has 0 aromatic rings. The largest absolute Gasteiger partial charge is 0.0891 e. The Morgan fingerprint density at radius 2 is 0.880 bits per heavy atom. The Kier molecular flexibility index (Phi) is 21.2. The van der Waals surface area contributed by atoms with Gasteiger partial charge in [0.2, 0.25) is 0 Å². The third-order valence-electron chi connectivity index (χ3n) is 5.62. The molecule has 0 amide bonds. The number of hydrogen-bond donors (Lipinski definition) is 0. The van der Waals surface area contributed by atoms with Gasteiger partial charge in [-0.2, -0.15) is 0 Å². The monoisotopic (exact) mass is 416 g/mol. The molecule has 0 heterocycles. The number of rotatable bonds is 20. The van der Waals surface area contributed by atoms with Crippen LogP contribution >= 0.6 is 15.9 Å². The summed E-state index contributed by atoms with van der Waals surface area (Å²) in [5.41, 5.74) is 0. The van der Waals surface area contributed by atoms with Crippen molar-refractivity contribution >= 4 is 15.9 Å². The molecule has 0 aliphatic rings. The Balaban J connectivity index is 3.19. The normalized spacial score (nSPS) is 13.9. The summed E-state index contributed by atoms with van der Waals surface area (Å²) < 4.78 is 0. The summed E-state index contributed by atoms with van der Waals surface area (Å²) in [4.78, 5) is 0.773. The van der Waals surface area contributed by atoms with Crippen LogP contribution in [0.1, 0.15) is 143 Å². The van der Waals surface area contributed by atoms with Gasteiger partial charge in [0.05, 0.1) is 0 Å². The number of alkyl halides is 1. The zero-order chi connectivity index (χ0) is 18.6. The van der Waals surface area contributed by atoms with Crippen molar-refractivity contribution in [1.82, 2.24) is 0 Å². The molecule has 0 aliphatic carbocycles. The molecule has 0 nitrogen and oxygen atoms in total. The molecular formula is C24H49Br. The summed E-state index contributed by atoms with van der Waals surface area (Å²) in [6, 6.07) is 0. The lowest BCUT2D eigenvalue weighted by Crippen LogP contribution is -1.96. The van der Waals surface area contributed by atoms with Crippen molar-refractivity contribution in [3.8, 4) is 0 Å². The third-order valence-corrected chi connectivity index (χ3v) is 6.53. The fraction of sp³-hybridized carbons (Fsp3) is 1.00. The molecule has 0 aromatic heterocycles. The van der Waals surface area contributed by atoms with Crippen LogP contribution in [0.2, 0.25) is 0 Å². The van der Waals surface area contributed by atoms with Gasteiger partial charge in [0.25, 0.3) is 0 Å². The van der Waals surface area contributed by atoms with Gasteiger partial charge >= 0.3 is 0 Å². The van der Waals surface area contributed by atoms with Crippen molar-refractivity contribution in [1.29, 1.82) is 0 Å². The maximum absolute atomic E-state index is 3.79. The minimum atomic E-state index is 0.773. The van der Waals surface area contributed by atoms with Crippen LogP contribution < -0.4 is 0 Å². The van der Waals surface area contributed by atoms with Crippen LogP contribution in [0.4, 0.5) is 0 Å². The summed E-state index contributed by atoms with van der Waals surface area (Å²) in [6.07, 6.45) is 27.3. The fourth-order valence-corrected chi connectivity index (χ4v) is 4.58. The van der Waals surface area contributed by atoms with Gasteiger partial charge in [-0.15, -0.1) is 0 Å². The van der Waals surface area contributed by atoms with E-state index in [1.807, 2.05) is 0 Å². The van der Waals surface area contributed by atoms with E-state index in [0.29, 0.717) is 0 Å². The molecule has 2 atom stereocenters. The highest BCUT2D eigenvalue weighted by Gasteiger charge is 2.03. The summed E-state index contributed by atoms with van der Waals surface area (Å²) in [5, 5.41) is 0. The first-order valence-electron chi connectivity index (χ1n) is 11.8. The molecule has 0 N–H and O–H groups in total. The molecule has 0 aliphatic heterocycles. The van der Waals surface area contributed by atoms with Crippen molar-refractivity contribution in [3.05, 3.63) is 0 Å². The van der Waals surface area contributed by atoms with Gasteiger partial charge in [0.15, 0.2) is 0 Å². The highest BCUT2D eigenvalue weighted by Crippen LogP contribution is 2.20. The molecule has 0 saturated heterocycles. The minimum Gasteiger partial charge on any atom is -0.0891 e.